The van der Waals surface area contributed by atoms with Gasteiger partial charge in [0.2, 0.25) is 0 Å². The predicted octanol–water partition coefficient (Wildman–Crippen LogP) is 13.1. The molecule has 0 aliphatic rings. The van der Waals surface area contributed by atoms with Crippen molar-refractivity contribution < 1.29 is 40.1 Å². The topological polar surface area (TPSA) is 13.1 Å². The van der Waals surface area contributed by atoms with Gasteiger partial charge in [0, 0.05) is 27.6 Å². The maximum Gasteiger partial charge on any atom is 0.143 e. The first-order chi connectivity index (χ1) is 34.1. The van der Waals surface area contributed by atoms with Crippen LogP contribution in [0, 0.1) is 0 Å². The molecule has 0 aliphatic carbocycles. The summed E-state index contributed by atoms with van der Waals surface area (Å²) in [6.45, 7) is 0. The fourth-order valence-corrected chi connectivity index (χ4v) is 5.61. The summed E-state index contributed by atoms with van der Waals surface area (Å²) in [5, 5.41) is -3.10. The first kappa shape index (κ1) is 11.6. The summed E-state index contributed by atoms with van der Waals surface area (Å²) in [6, 6.07) is -16.9. The standard InChI is InChI=1S/C46H30O/c1-4-15-31(16-5-1)32-27-29-35(30-28-32)45-44(41-26-14-25-36(46(41)47-45)33-17-6-2-7-18-33)43-39-23-12-10-21-37(39)42(34-19-8-3-9-20-34)38-22-11-13-24-40(38)43/h1-30H/i1D,2D,3D,4D,5D,6D,7D,8D,9D,10D,11D,12D,13D,14D,15D,16D,17D,18D,19D,20D,21D,22D,23D,24D,25D,26D. The van der Waals surface area contributed by atoms with Gasteiger partial charge >= 0.3 is 0 Å². The summed E-state index contributed by atoms with van der Waals surface area (Å²) in [6.07, 6.45) is 0. The third kappa shape index (κ3) is 4.56. The Labute approximate surface area is 310 Å². The second-order valence-electron chi connectivity index (χ2n) is 10.1. The molecule has 0 radical (unpaired) electrons. The molecule has 0 fully saturated rings. The molecule has 0 spiro atoms. The van der Waals surface area contributed by atoms with Gasteiger partial charge in [-0.3, -0.25) is 0 Å². The quantitative estimate of drug-likeness (QED) is 0.174. The summed E-state index contributed by atoms with van der Waals surface area (Å²) in [5.41, 5.74) is -4.60. The van der Waals surface area contributed by atoms with Gasteiger partial charge in [0.25, 0.3) is 0 Å². The van der Waals surface area contributed by atoms with Gasteiger partial charge in [-0.1, -0.05) is 181 Å². The molecule has 0 saturated carbocycles. The van der Waals surface area contributed by atoms with Gasteiger partial charge in [-0.2, -0.15) is 0 Å². The van der Waals surface area contributed by atoms with E-state index < -0.39 is 229 Å². The van der Waals surface area contributed by atoms with Crippen LogP contribution >= 0.6 is 0 Å². The van der Waals surface area contributed by atoms with Crippen LogP contribution in [0.3, 0.4) is 0 Å². The monoisotopic (exact) mass is 624 g/mol. The summed E-state index contributed by atoms with van der Waals surface area (Å²) >= 11 is 0. The molecular weight excluding hydrogens is 569 g/mol. The maximum atomic E-state index is 9.56. The highest BCUT2D eigenvalue weighted by atomic mass is 16.3. The minimum absolute atomic E-state index is 0.0587. The number of rotatable bonds is 5. The first-order valence-corrected chi connectivity index (χ1v) is 14.0. The van der Waals surface area contributed by atoms with Crippen molar-refractivity contribution in [3.05, 3.63) is 181 Å². The van der Waals surface area contributed by atoms with E-state index in [1.165, 1.54) is 24.3 Å². The van der Waals surface area contributed by atoms with Crippen molar-refractivity contribution in [2.75, 3.05) is 0 Å². The summed E-state index contributed by atoms with van der Waals surface area (Å²) in [4.78, 5) is 0. The van der Waals surface area contributed by atoms with Crippen LogP contribution in [0.2, 0.25) is 0 Å². The highest BCUT2D eigenvalue weighted by Crippen LogP contribution is 2.50. The van der Waals surface area contributed by atoms with Crippen molar-refractivity contribution in [2.24, 2.45) is 0 Å². The van der Waals surface area contributed by atoms with Gasteiger partial charge in [-0.05, 0) is 49.4 Å². The van der Waals surface area contributed by atoms with Gasteiger partial charge in [-0.15, -0.1) is 0 Å². The highest BCUT2D eigenvalue weighted by molar-refractivity contribution is 6.25. The van der Waals surface area contributed by atoms with Gasteiger partial charge in [0.05, 0.1) is 35.6 Å². The molecule has 1 aromatic heterocycles. The van der Waals surface area contributed by atoms with Gasteiger partial charge in [-0.25, -0.2) is 0 Å². The van der Waals surface area contributed by atoms with Crippen LogP contribution in [0.15, 0.2) is 186 Å². The van der Waals surface area contributed by atoms with E-state index in [-0.39, 0.29) is 16.7 Å². The third-order valence-corrected chi connectivity index (χ3v) is 7.57. The minimum Gasteiger partial charge on any atom is -0.455 e. The molecule has 0 saturated heterocycles. The lowest BCUT2D eigenvalue weighted by atomic mass is 9.84. The van der Waals surface area contributed by atoms with Crippen LogP contribution < -0.4 is 0 Å². The Bertz CT molecular complexity index is 3860. The Morgan fingerprint density at radius 1 is 0.319 bits per heavy atom. The lowest BCUT2D eigenvalue weighted by molar-refractivity contribution is 0.633. The van der Waals surface area contributed by atoms with Crippen LogP contribution in [0.4, 0.5) is 0 Å². The fourth-order valence-electron chi connectivity index (χ4n) is 5.61. The zero-order valence-corrected chi connectivity index (χ0v) is 23.7. The molecule has 0 amide bonds. The minimum atomic E-state index is -0.941. The zero-order valence-electron chi connectivity index (χ0n) is 49.7. The van der Waals surface area contributed by atoms with E-state index in [1.54, 1.807) is 0 Å². The van der Waals surface area contributed by atoms with Crippen molar-refractivity contribution in [3.8, 4) is 55.8 Å². The molecule has 47 heavy (non-hydrogen) atoms. The van der Waals surface area contributed by atoms with Gasteiger partial charge in [0.1, 0.15) is 11.3 Å². The Hall–Kier alpha value is -6.18. The molecule has 0 N–H and O–H groups in total. The van der Waals surface area contributed by atoms with Crippen molar-refractivity contribution in [1.29, 1.82) is 0 Å². The van der Waals surface area contributed by atoms with Crippen LogP contribution in [-0.4, -0.2) is 0 Å². The average molecular weight is 625 g/mol. The predicted molar refractivity (Wildman–Crippen MR) is 198 cm³/mol. The average Bonchev–Trinajstić information content (AvgIpc) is 3.77. The molecule has 9 aromatic rings. The molecule has 0 atom stereocenters. The summed E-state index contributed by atoms with van der Waals surface area (Å²) in [5.74, 6) is -0.465. The number of fused-ring (bicyclic) bond motifs is 3. The van der Waals surface area contributed by atoms with E-state index in [9.17, 15) is 8.22 Å². The molecule has 0 bridgehead atoms. The van der Waals surface area contributed by atoms with E-state index in [2.05, 4.69) is 0 Å². The zero-order chi connectivity index (χ0) is 53.8. The molecule has 8 aromatic carbocycles. The number of para-hydroxylation sites is 1. The lowest BCUT2D eigenvalue weighted by Gasteiger charge is -2.18. The van der Waals surface area contributed by atoms with E-state index in [0.29, 0.717) is 0 Å². The largest absolute Gasteiger partial charge is 0.455 e. The van der Waals surface area contributed by atoms with E-state index >= 15 is 0 Å². The van der Waals surface area contributed by atoms with E-state index in [1.807, 2.05) is 0 Å². The van der Waals surface area contributed by atoms with Crippen molar-refractivity contribution in [2.45, 2.75) is 0 Å². The Kier molecular flexibility index (Phi) is 2.78. The number of hydrogen-bond donors (Lipinski definition) is 0. The van der Waals surface area contributed by atoms with Gasteiger partial charge in [0.15, 0.2) is 0 Å². The number of hydrogen-bond acceptors (Lipinski definition) is 1. The maximum absolute atomic E-state index is 9.56. The smallest absolute Gasteiger partial charge is 0.143 e. The third-order valence-electron chi connectivity index (χ3n) is 7.57. The van der Waals surface area contributed by atoms with Crippen LogP contribution in [0.1, 0.15) is 35.6 Å². The highest BCUT2D eigenvalue weighted by Gasteiger charge is 2.25. The first-order valence-electron chi connectivity index (χ1n) is 27.0. The van der Waals surface area contributed by atoms with Crippen molar-refractivity contribution in [1.82, 2.24) is 0 Å². The Morgan fingerprint density at radius 3 is 1.34 bits per heavy atom. The summed E-state index contributed by atoms with van der Waals surface area (Å²) < 4.78 is 237. The molecular formula is C46H30O. The Morgan fingerprint density at radius 2 is 0.766 bits per heavy atom. The molecule has 220 valence electrons. The normalized spacial score (nSPS) is 19.1. The van der Waals surface area contributed by atoms with Crippen LogP contribution in [0.25, 0.3) is 88.3 Å². The molecule has 1 nitrogen and oxygen atoms in total. The van der Waals surface area contributed by atoms with E-state index in [4.69, 9.17) is 31.8 Å². The Balaban J connectivity index is 1.61. The van der Waals surface area contributed by atoms with Crippen LogP contribution in [-0.2, 0) is 0 Å². The molecule has 1 heterocycles. The van der Waals surface area contributed by atoms with Crippen molar-refractivity contribution in [3.63, 3.8) is 0 Å². The molecule has 1 heteroatoms. The molecule has 9 rings (SSSR count). The SMILES string of the molecule is [2H]c1c([2H])c([2H])c(-c2ccc(-c3oc4c(-c5c([2H])c([2H])c([2H])c([2H])c5[2H])c([2H])c([2H])c([2H])c4c3-c3c4c([2H])c([2H])c([2H])c([2H])c4c(-c4c([2H])c([2H])c([2H])c([2H])c4[2H])c4c([2H])c([2H])c([2H])c([2H])c34)cc2)c([2H])c1[2H]. The molecule has 0 aliphatic heterocycles. The lowest BCUT2D eigenvalue weighted by Crippen LogP contribution is -1.91. The number of furan rings is 1. The van der Waals surface area contributed by atoms with Crippen molar-refractivity contribution >= 4 is 32.5 Å². The fraction of sp³-hybridized carbons (Fsp3) is 0. The summed E-state index contributed by atoms with van der Waals surface area (Å²) in [7, 11) is 0. The van der Waals surface area contributed by atoms with Gasteiger partial charge < -0.3 is 4.42 Å². The molecule has 0 unspecified atom stereocenters. The second kappa shape index (κ2) is 11.3. The number of benzene rings is 8. The van der Waals surface area contributed by atoms with E-state index in [0.717, 1.165) is 0 Å². The second-order valence-corrected chi connectivity index (χ2v) is 10.1. The van der Waals surface area contributed by atoms with Crippen LogP contribution in [0.5, 0.6) is 0 Å².